The molecule has 1 atom stereocenters. The average molecular weight is 510 g/mol. The van der Waals surface area contributed by atoms with Crippen molar-refractivity contribution in [2.45, 2.75) is 62.5 Å². The highest BCUT2D eigenvalue weighted by Gasteiger charge is 2.44. The third-order valence-electron chi connectivity index (χ3n) is 6.84. The van der Waals surface area contributed by atoms with E-state index in [1.54, 1.807) is 35.3 Å². The van der Waals surface area contributed by atoms with Crippen LogP contribution in [0.2, 0.25) is 0 Å². The lowest BCUT2D eigenvalue weighted by atomic mass is 9.67. The Bertz CT molecular complexity index is 1150. The Labute approximate surface area is 203 Å². The van der Waals surface area contributed by atoms with E-state index in [9.17, 15) is 31.1 Å². The molecule has 1 saturated carbocycles. The molecule has 1 unspecified atom stereocenters. The molecule has 1 N–H and O–H groups in total. The molecule has 0 bridgehead atoms. The van der Waals surface area contributed by atoms with Crippen LogP contribution in [-0.2, 0) is 22.6 Å². The van der Waals surface area contributed by atoms with Crippen molar-refractivity contribution < 1.29 is 31.1 Å². The third kappa shape index (κ3) is 5.24. The standard InChI is InChI=1S/C25H24F6N4O/c1-16(17-13-19(24(26,27)28)15-20(14-17)25(29,30)31)33-22(36)23(18-5-3-2-4-6-18)9-7-21(8-10-23)35-12-11-32-34-35/h2-6,11-16,21H,7-10H2,1H3,(H,33,36). The Morgan fingerprint density at radius 3 is 2.08 bits per heavy atom. The smallest absolute Gasteiger partial charge is 0.349 e. The van der Waals surface area contributed by atoms with E-state index in [1.165, 1.54) is 6.92 Å². The van der Waals surface area contributed by atoms with Crippen LogP contribution in [-0.4, -0.2) is 20.9 Å². The molecule has 4 rings (SSSR count). The number of rotatable bonds is 5. The molecule has 2 aromatic carbocycles. The fraction of sp³-hybridized carbons (Fsp3) is 0.400. The number of hydrogen-bond donors (Lipinski definition) is 1. The minimum Gasteiger partial charge on any atom is -0.349 e. The van der Waals surface area contributed by atoms with Crippen LogP contribution < -0.4 is 5.32 Å². The average Bonchev–Trinajstić information content (AvgIpc) is 3.38. The van der Waals surface area contributed by atoms with Gasteiger partial charge in [-0.2, -0.15) is 26.3 Å². The normalized spacial score (nSPS) is 21.7. The zero-order valence-electron chi connectivity index (χ0n) is 19.3. The minimum absolute atomic E-state index is 0.0346. The van der Waals surface area contributed by atoms with Gasteiger partial charge in [0, 0.05) is 6.20 Å². The molecule has 1 aliphatic rings. The molecular formula is C25H24F6N4O. The number of benzene rings is 2. The van der Waals surface area contributed by atoms with E-state index in [0.29, 0.717) is 37.8 Å². The third-order valence-corrected chi connectivity index (χ3v) is 6.84. The minimum atomic E-state index is -4.97. The number of hydrogen-bond acceptors (Lipinski definition) is 3. The van der Waals surface area contributed by atoms with Crippen LogP contribution in [0.25, 0.3) is 0 Å². The van der Waals surface area contributed by atoms with E-state index in [1.807, 2.05) is 12.1 Å². The molecule has 36 heavy (non-hydrogen) atoms. The predicted octanol–water partition coefficient (Wildman–Crippen LogP) is 6.25. The van der Waals surface area contributed by atoms with Gasteiger partial charge in [0.15, 0.2) is 0 Å². The van der Waals surface area contributed by atoms with E-state index in [2.05, 4.69) is 15.6 Å². The first-order valence-corrected chi connectivity index (χ1v) is 11.4. The lowest BCUT2D eigenvalue weighted by Crippen LogP contribution is -2.47. The van der Waals surface area contributed by atoms with Gasteiger partial charge in [0.05, 0.1) is 34.8 Å². The molecule has 5 nitrogen and oxygen atoms in total. The monoisotopic (exact) mass is 510 g/mol. The summed E-state index contributed by atoms with van der Waals surface area (Å²) in [6.45, 7) is 1.38. The molecule has 0 aliphatic heterocycles. The van der Waals surface area contributed by atoms with Crippen LogP contribution in [0.15, 0.2) is 60.9 Å². The highest BCUT2D eigenvalue weighted by Crippen LogP contribution is 2.44. The first-order valence-electron chi connectivity index (χ1n) is 11.4. The largest absolute Gasteiger partial charge is 0.416 e. The van der Waals surface area contributed by atoms with E-state index >= 15 is 0 Å². The summed E-state index contributed by atoms with van der Waals surface area (Å²) < 4.78 is 81.7. The van der Waals surface area contributed by atoms with Gasteiger partial charge >= 0.3 is 12.4 Å². The second-order valence-corrected chi connectivity index (χ2v) is 9.10. The van der Waals surface area contributed by atoms with Gasteiger partial charge in [0.25, 0.3) is 0 Å². The van der Waals surface area contributed by atoms with Gasteiger partial charge in [-0.3, -0.25) is 4.79 Å². The lowest BCUT2D eigenvalue weighted by molar-refractivity contribution is -0.143. The second-order valence-electron chi connectivity index (χ2n) is 9.10. The van der Waals surface area contributed by atoms with Gasteiger partial charge in [-0.25, -0.2) is 4.68 Å². The number of nitrogens with one attached hydrogen (secondary N) is 1. The zero-order valence-corrected chi connectivity index (χ0v) is 19.3. The Morgan fingerprint density at radius 1 is 1.00 bits per heavy atom. The summed E-state index contributed by atoms with van der Waals surface area (Å²) in [6, 6.07) is 9.34. The quantitative estimate of drug-likeness (QED) is 0.413. The molecule has 192 valence electrons. The fourth-order valence-electron chi connectivity index (χ4n) is 4.82. The number of carbonyl (C=O) groups is 1. The van der Waals surface area contributed by atoms with Crippen LogP contribution >= 0.6 is 0 Å². The van der Waals surface area contributed by atoms with Crippen molar-refractivity contribution >= 4 is 5.91 Å². The highest BCUT2D eigenvalue weighted by molar-refractivity contribution is 5.88. The van der Waals surface area contributed by atoms with E-state index in [4.69, 9.17) is 0 Å². The maximum atomic E-state index is 13.7. The summed E-state index contributed by atoms with van der Waals surface area (Å²) in [4.78, 5) is 13.7. The molecule has 1 aliphatic carbocycles. The molecule has 3 aromatic rings. The molecule has 0 radical (unpaired) electrons. The lowest BCUT2D eigenvalue weighted by Gasteiger charge is -2.40. The number of alkyl halides is 6. The first-order chi connectivity index (χ1) is 16.9. The molecule has 1 amide bonds. The maximum absolute atomic E-state index is 13.7. The summed E-state index contributed by atoms with van der Waals surface area (Å²) in [6.07, 6.45) is -4.57. The summed E-state index contributed by atoms with van der Waals surface area (Å²) in [5.74, 6) is -0.441. The second kappa shape index (κ2) is 9.59. The molecule has 1 fully saturated rings. The first kappa shape index (κ1) is 25.7. The molecule has 11 heteroatoms. The van der Waals surface area contributed by atoms with Crippen molar-refractivity contribution in [2.75, 3.05) is 0 Å². The predicted molar refractivity (Wildman–Crippen MR) is 119 cm³/mol. The van der Waals surface area contributed by atoms with Gasteiger partial charge in [0.2, 0.25) is 5.91 Å². The molecule has 0 saturated heterocycles. The Hall–Kier alpha value is -3.37. The van der Waals surface area contributed by atoms with E-state index in [0.717, 1.165) is 5.56 Å². The van der Waals surface area contributed by atoms with Gasteiger partial charge in [-0.15, -0.1) is 5.10 Å². The Kier molecular flexibility index (Phi) is 6.85. The molecule has 1 heterocycles. The number of halogens is 6. The van der Waals surface area contributed by atoms with Crippen LogP contribution in [0, 0.1) is 0 Å². The molecule has 0 spiro atoms. The van der Waals surface area contributed by atoms with Crippen LogP contribution in [0.4, 0.5) is 26.3 Å². The van der Waals surface area contributed by atoms with Crippen molar-refractivity contribution in [3.63, 3.8) is 0 Å². The van der Waals surface area contributed by atoms with E-state index in [-0.39, 0.29) is 17.7 Å². The topological polar surface area (TPSA) is 59.8 Å². The number of aromatic nitrogens is 3. The van der Waals surface area contributed by atoms with Gasteiger partial charge < -0.3 is 5.32 Å². The summed E-state index contributed by atoms with van der Waals surface area (Å²) in [5, 5.41) is 10.6. The van der Waals surface area contributed by atoms with Crippen molar-refractivity contribution in [3.8, 4) is 0 Å². The van der Waals surface area contributed by atoms with Crippen molar-refractivity contribution in [1.82, 2.24) is 20.3 Å². The van der Waals surface area contributed by atoms with Crippen LogP contribution in [0.1, 0.15) is 66.9 Å². The fourth-order valence-corrected chi connectivity index (χ4v) is 4.82. The SMILES string of the molecule is CC(NC(=O)C1(c2ccccc2)CCC(n2ccnn2)CC1)c1cc(C(F)(F)F)cc(C(F)(F)F)c1. The van der Waals surface area contributed by atoms with E-state index < -0.39 is 40.8 Å². The molecular weight excluding hydrogens is 486 g/mol. The van der Waals surface area contributed by atoms with Gasteiger partial charge in [-0.1, -0.05) is 35.5 Å². The highest BCUT2D eigenvalue weighted by atomic mass is 19.4. The summed E-state index contributed by atoms with van der Waals surface area (Å²) in [5.41, 5.74) is -3.35. The number of amides is 1. The van der Waals surface area contributed by atoms with Crippen molar-refractivity contribution in [3.05, 3.63) is 83.2 Å². The summed E-state index contributed by atoms with van der Waals surface area (Å²) in [7, 11) is 0. The maximum Gasteiger partial charge on any atom is 0.416 e. The van der Waals surface area contributed by atoms with Crippen molar-refractivity contribution in [1.29, 1.82) is 0 Å². The Balaban J connectivity index is 1.63. The number of carbonyl (C=O) groups excluding carboxylic acids is 1. The van der Waals surface area contributed by atoms with Gasteiger partial charge in [0.1, 0.15) is 0 Å². The van der Waals surface area contributed by atoms with Crippen LogP contribution in [0.3, 0.4) is 0 Å². The number of nitrogens with zero attached hydrogens (tertiary/aromatic N) is 3. The van der Waals surface area contributed by atoms with Crippen LogP contribution in [0.5, 0.6) is 0 Å². The molecule has 1 aromatic heterocycles. The zero-order chi connectivity index (χ0) is 26.1. The van der Waals surface area contributed by atoms with Crippen molar-refractivity contribution in [2.24, 2.45) is 0 Å². The summed E-state index contributed by atoms with van der Waals surface area (Å²) >= 11 is 0. The Morgan fingerprint density at radius 2 is 1.58 bits per heavy atom. The van der Waals surface area contributed by atoms with Gasteiger partial charge in [-0.05, 0) is 61.9 Å².